The quantitative estimate of drug-likeness (QED) is 0.198. The van der Waals surface area contributed by atoms with Crippen LogP contribution in [0.5, 0.6) is 0 Å². The minimum absolute atomic E-state index is 0.340. The van der Waals surface area contributed by atoms with Crippen molar-refractivity contribution in [3.05, 3.63) is 0 Å². The fraction of sp³-hybridized carbons (Fsp3) is 0.846. The molecular formula is C13H24N4O10P. The highest BCUT2D eigenvalue weighted by Gasteiger charge is 2.55. The van der Waals surface area contributed by atoms with Gasteiger partial charge in [-0.1, -0.05) is 0 Å². The van der Waals surface area contributed by atoms with Crippen molar-refractivity contribution >= 4 is 19.7 Å². The summed E-state index contributed by atoms with van der Waals surface area (Å²) in [5, 5.41) is 42.4. The molecule has 7 N–H and O–H groups in total. The van der Waals surface area contributed by atoms with Gasteiger partial charge in [0.05, 0.1) is 6.61 Å². The maximum atomic E-state index is 12.8. The number of phosphoric ester groups is 1. The topological polar surface area (TPSA) is 219 Å². The molecule has 6 atom stereocenters. The molecule has 161 valence electrons. The molecule has 0 bridgehead atoms. The first-order valence-corrected chi connectivity index (χ1v) is 9.71. The lowest BCUT2D eigenvalue weighted by Crippen LogP contribution is -2.67. The van der Waals surface area contributed by atoms with Crippen LogP contribution in [0.3, 0.4) is 0 Å². The van der Waals surface area contributed by atoms with Crippen molar-refractivity contribution < 1.29 is 48.9 Å². The van der Waals surface area contributed by atoms with E-state index in [0.717, 1.165) is 0 Å². The summed E-state index contributed by atoms with van der Waals surface area (Å²) >= 11 is 0. The van der Waals surface area contributed by atoms with Crippen molar-refractivity contribution in [1.82, 2.24) is 9.96 Å². The number of amidine groups is 1. The number of hydrogen-bond donors (Lipinski definition) is 6. The lowest BCUT2D eigenvalue weighted by atomic mass is 10.0. The number of aliphatic hydroxyl groups excluding tert-OH is 3. The number of aliphatic hydroxyl groups is 3. The van der Waals surface area contributed by atoms with E-state index < -0.39 is 68.6 Å². The third kappa shape index (κ3) is 4.52. The number of urea groups is 1. The molecule has 2 aliphatic rings. The fourth-order valence-corrected chi connectivity index (χ4v) is 3.41. The van der Waals surface area contributed by atoms with Crippen LogP contribution in [-0.4, -0.2) is 95.9 Å². The molecule has 1 saturated heterocycles. The first kappa shape index (κ1) is 23.1. The lowest BCUT2D eigenvalue weighted by molar-refractivity contribution is -0.257. The summed E-state index contributed by atoms with van der Waals surface area (Å²) in [5.41, 5.74) is 4.54. The minimum Gasteiger partial charge on any atom is -0.394 e. The van der Waals surface area contributed by atoms with Crippen LogP contribution in [0.1, 0.15) is 20.8 Å². The molecule has 0 aliphatic carbocycles. The van der Waals surface area contributed by atoms with Crippen molar-refractivity contribution in [2.24, 2.45) is 10.7 Å². The van der Waals surface area contributed by atoms with Crippen LogP contribution in [-0.2, 0) is 19.0 Å². The van der Waals surface area contributed by atoms with Gasteiger partial charge in [0.2, 0.25) is 0 Å². The number of amides is 2. The number of rotatable bonds is 5. The zero-order chi connectivity index (χ0) is 21.6. The van der Waals surface area contributed by atoms with E-state index in [4.69, 9.17) is 10.5 Å². The van der Waals surface area contributed by atoms with E-state index in [1.165, 1.54) is 20.8 Å². The Morgan fingerprint density at radius 1 is 1.32 bits per heavy atom. The van der Waals surface area contributed by atoms with Gasteiger partial charge in [-0.3, -0.25) is 9.42 Å². The Hall–Kier alpha value is -1.19. The fourth-order valence-electron chi connectivity index (χ4n) is 2.91. The molecular weight excluding hydrogens is 403 g/mol. The average molecular weight is 427 g/mol. The third-order valence-corrected chi connectivity index (χ3v) is 4.73. The van der Waals surface area contributed by atoms with E-state index in [0.29, 0.717) is 9.96 Å². The predicted octanol–water partition coefficient (Wildman–Crippen LogP) is -2.53. The molecule has 2 amide bonds. The average Bonchev–Trinajstić information content (AvgIpc) is 2.80. The summed E-state index contributed by atoms with van der Waals surface area (Å²) in [6.45, 7) is 3.73. The highest BCUT2D eigenvalue weighted by Crippen LogP contribution is 2.42. The Morgan fingerprint density at radius 3 is 2.32 bits per heavy atom. The summed E-state index contributed by atoms with van der Waals surface area (Å²) in [6, 6.07) is -2.88. The molecule has 14 nitrogen and oxygen atoms in total. The number of ether oxygens (including phenoxy) is 1. The maximum Gasteiger partial charge on any atom is 0.471 e. The number of phosphoric acid groups is 1. The van der Waals surface area contributed by atoms with Crippen LogP contribution in [0.25, 0.3) is 0 Å². The Kier molecular flexibility index (Phi) is 6.53. The smallest absolute Gasteiger partial charge is 0.394 e. The first-order chi connectivity index (χ1) is 12.7. The molecule has 0 spiro atoms. The van der Waals surface area contributed by atoms with Gasteiger partial charge in [-0.15, -0.1) is 10.3 Å². The molecule has 15 heteroatoms. The Balaban J connectivity index is 2.53. The second kappa shape index (κ2) is 7.91. The number of carbonyl (C=O) groups is 1. The summed E-state index contributed by atoms with van der Waals surface area (Å²) in [7, 11) is -5.27. The molecule has 0 aromatic heterocycles. The van der Waals surface area contributed by atoms with Gasteiger partial charge in [0.1, 0.15) is 30.2 Å². The molecule has 1 radical (unpaired) electrons. The standard InChI is InChI=1S/C13H24N4O10P/c1-13(2,3)17(22)6-9(14)15-12(21)16(10(6)27-28(23,24)25)11-8(20)7(19)5(4-18)26-11/h5-8,10-11,18-20H,4H2,1-3H3,(H2,14,15,21)(H2,23,24,25)/t5-,6?,7-,8-,10?,11-/m1/s1. The van der Waals surface area contributed by atoms with Crippen molar-refractivity contribution in [3.63, 3.8) is 0 Å². The van der Waals surface area contributed by atoms with Crippen LogP contribution in [0.4, 0.5) is 4.79 Å². The second-order valence-electron chi connectivity index (χ2n) is 7.38. The zero-order valence-corrected chi connectivity index (χ0v) is 16.2. The van der Waals surface area contributed by atoms with Gasteiger partial charge in [0, 0.05) is 5.54 Å². The van der Waals surface area contributed by atoms with E-state index >= 15 is 0 Å². The van der Waals surface area contributed by atoms with Crippen molar-refractivity contribution in [2.45, 2.75) is 63.1 Å². The summed E-state index contributed by atoms with van der Waals surface area (Å²) in [5.74, 6) is -0.559. The molecule has 0 aromatic rings. The molecule has 2 heterocycles. The van der Waals surface area contributed by atoms with Gasteiger partial charge in [-0.2, -0.15) is 4.99 Å². The number of hydrogen-bond acceptors (Lipinski definition) is 9. The molecule has 2 rings (SSSR count). The van der Waals surface area contributed by atoms with Gasteiger partial charge in [-0.05, 0) is 20.8 Å². The van der Waals surface area contributed by atoms with Crippen LogP contribution >= 0.6 is 7.82 Å². The largest absolute Gasteiger partial charge is 0.471 e. The summed E-state index contributed by atoms with van der Waals surface area (Å²) in [6.07, 6.45) is -8.42. The molecule has 0 aromatic carbocycles. The molecule has 28 heavy (non-hydrogen) atoms. The Bertz CT molecular complexity index is 679. The second-order valence-corrected chi connectivity index (χ2v) is 8.58. The Morgan fingerprint density at radius 2 is 1.89 bits per heavy atom. The molecule has 1 fully saturated rings. The highest BCUT2D eigenvalue weighted by molar-refractivity contribution is 7.46. The zero-order valence-electron chi connectivity index (χ0n) is 15.3. The van der Waals surface area contributed by atoms with Crippen molar-refractivity contribution in [3.8, 4) is 0 Å². The van der Waals surface area contributed by atoms with E-state index in [1.807, 2.05) is 0 Å². The normalized spacial score (nSPS) is 34.9. The summed E-state index contributed by atoms with van der Waals surface area (Å²) in [4.78, 5) is 34.9. The number of nitrogens with two attached hydrogens (primary N) is 1. The van der Waals surface area contributed by atoms with Gasteiger partial charge in [-0.25, -0.2) is 9.36 Å². The Labute approximate surface area is 160 Å². The van der Waals surface area contributed by atoms with E-state index in [2.05, 4.69) is 9.52 Å². The number of hydroxylamine groups is 2. The van der Waals surface area contributed by atoms with Crippen LogP contribution in [0, 0.1) is 0 Å². The number of nitrogens with zero attached hydrogens (tertiary/aromatic N) is 3. The SMILES string of the molecule is CC(C)(C)N([O])C1C(N)=NC(=O)N([C@@H]2O[C@H](CO)[C@@H](O)[C@H]2O)C1OP(=O)(O)O. The van der Waals surface area contributed by atoms with Gasteiger partial charge >= 0.3 is 13.9 Å². The maximum absolute atomic E-state index is 12.8. The molecule has 2 unspecified atom stereocenters. The minimum atomic E-state index is -5.27. The molecule has 2 aliphatic heterocycles. The van der Waals surface area contributed by atoms with Crippen LogP contribution in [0.2, 0.25) is 0 Å². The van der Waals surface area contributed by atoms with Gasteiger partial charge in [0.25, 0.3) is 0 Å². The third-order valence-electron chi connectivity index (χ3n) is 4.24. The predicted molar refractivity (Wildman–Crippen MR) is 89.6 cm³/mol. The first-order valence-electron chi connectivity index (χ1n) is 8.18. The lowest BCUT2D eigenvalue weighted by Gasteiger charge is -2.45. The van der Waals surface area contributed by atoms with Gasteiger partial charge in [0.15, 0.2) is 12.5 Å². The molecule has 0 saturated carbocycles. The van der Waals surface area contributed by atoms with E-state index in [9.17, 15) is 39.7 Å². The number of carbonyl (C=O) groups excluding carboxylic acids is 1. The van der Waals surface area contributed by atoms with Crippen molar-refractivity contribution in [2.75, 3.05) is 6.61 Å². The van der Waals surface area contributed by atoms with Crippen LogP contribution < -0.4 is 5.73 Å². The van der Waals surface area contributed by atoms with Crippen molar-refractivity contribution in [1.29, 1.82) is 0 Å². The monoisotopic (exact) mass is 427 g/mol. The number of aliphatic imine (C=N–C) groups is 1. The van der Waals surface area contributed by atoms with E-state index in [1.54, 1.807) is 0 Å². The highest BCUT2D eigenvalue weighted by atomic mass is 31.2. The van der Waals surface area contributed by atoms with E-state index in [-0.39, 0.29) is 0 Å². The van der Waals surface area contributed by atoms with Gasteiger partial charge < -0.3 is 35.6 Å². The van der Waals surface area contributed by atoms with Crippen LogP contribution in [0.15, 0.2) is 4.99 Å². The summed E-state index contributed by atoms with van der Waals surface area (Å²) < 4.78 is 21.4.